The molecule has 12 heteroatoms. The summed E-state index contributed by atoms with van der Waals surface area (Å²) < 4.78 is 28.4. The number of aromatic nitrogens is 3. The predicted octanol–water partition coefficient (Wildman–Crippen LogP) is 3.82. The standard InChI is InChI=1S/C20H25BrClN7O2S/c1-28(2)32(30,31)17-8-7-14(9-16(17)22)26-19-10-18(25-13-5-3-12(23)4-6-13)27-20-15(21)11-24-29(19)20/h7-13,26H,3-6,23H2,1-2H3,(H,25,27)/t12-,13-. The molecule has 1 aliphatic rings. The van der Waals surface area contributed by atoms with E-state index < -0.39 is 10.0 Å². The highest BCUT2D eigenvalue weighted by molar-refractivity contribution is 9.10. The van der Waals surface area contributed by atoms with Crippen molar-refractivity contribution >= 4 is 60.5 Å². The van der Waals surface area contributed by atoms with Crippen LogP contribution in [0.1, 0.15) is 25.7 Å². The lowest BCUT2D eigenvalue weighted by Crippen LogP contribution is -2.33. The van der Waals surface area contributed by atoms with Crippen LogP contribution < -0.4 is 16.4 Å². The maximum Gasteiger partial charge on any atom is 0.244 e. The maximum absolute atomic E-state index is 12.4. The van der Waals surface area contributed by atoms with E-state index in [-0.39, 0.29) is 16.0 Å². The van der Waals surface area contributed by atoms with Crippen molar-refractivity contribution in [3.63, 3.8) is 0 Å². The van der Waals surface area contributed by atoms with Crippen LogP contribution in [0.25, 0.3) is 5.65 Å². The monoisotopic (exact) mass is 541 g/mol. The molecule has 32 heavy (non-hydrogen) atoms. The molecule has 0 atom stereocenters. The van der Waals surface area contributed by atoms with Crippen molar-refractivity contribution in [2.24, 2.45) is 5.73 Å². The second kappa shape index (κ2) is 9.14. The van der Waals surface area contributed by atoms with Gasteiger partial charge in [-0.3, -0.25) is 0 Å². The second-order valence-corrected chi connectivity index (χ2v) is 11.5. The van der Waals surface area contributed by atoms with E-state index in [1.165, 1.54) is 20.2 Å². The normalized spacial score (nSPS) is 19.4. The largest absolute Gasteiger partial charge is 0.367 e. The van der Waals surface area contributed by atoms with Crippen LogP contribution in [0.5, 0.6) is 0 Å². The average molecular weight is 543 g/mol. The summed E-state index contributed by atoms with van der Waals surface area (Å²) in [5.74, 6) is 1.38. The Morgan fingerprint density at radius 3 is 2.59 bits per heavy atom. The Bertz CT molecular complexity index is 1240. The van der Waals surface area contributed by atoms with E-state index in [0.29, 0.717) is 23.2 Å². The Morgan fingerprint density at radius 1 is 1.22 bits per heavy atom. The van der Waals surface area contributed by atoms with Gasteiger partial charge in [-0.1, -0.05) is 11.6 Å². The molecule has 1 fully saturated rings. The van der Waals surface area contributed by atoms with Crippen LogP contribution in [0.3, 0.4) is 0 Å². The highest BCUT2D eigenvalue weighted by Crippen LogP contribution is 2.30. The van der Waals surface area contributed by atoms with E-state index in [1.807, 2.05) is 6.07 Å². The number of anilines is 3. The fourth-order valence-corrected chi connectivity index (χ4v) is 5.46. The van der Waals surface area contributed by atoms with E-state index in [1.54, 1.807) is 22.8 Å². The number of fused-ring (bicyclic) bond motifs is 1. The Balaban J connectivity index is 1.64. The van der Waals surface area contributed by atoms with E-state index >= 15 is 0 Å². The van der Waals surface area contributed by atoms with Crippen molar-refractivity contribution in [1.29, 1.82) is 0 Å². The molecule has 0 amide bonds. The van der Waals surface area contributed by atoms with Gasteiger partial charge in [0.2, 0.25) is 10.0 Å². The minimum Gasteiger partial charge on any atom is -0.367 e. The average Bonchev–Trinajstić information content (AvgIpc) is 3.10. The van der Waals surface area contributed by atoms with Crippen LogP contribution in [0.2, 0.25) is 5.02 Å². The predicted molar refractivity (Wildman–Crippen MR) is 130 cm³/mol. The number of hydrogen-bond donors (Lipinski definition) is 3. The highest BCUT2D eigenvalue weighted by atomic mass is 79.9. The third kappa shape index (κ3) is 4.72. The number of rotatable bonds is 6. The number of hydrogen-bond acceptors (Lipinski definition) is 7. The SMILES string of the molecule is CN(C)S(=O)(=O)c1ccc(Nc2cc(N[C@H]3CC[C@H](N)CC3)nc3c(Br)cnn23)cc1Cl. The number of halogens is 2. The summed E-state index contributed by atoms with van der Waals surface area (Å²) in [6, 6.07) is 7.19. The van der Waals surface area contributed by atoms with Crippen molar-refractivity contribution < 1.29 is 8.42 Å². The molecule has 2 aromatic heterocycles. The Morgan fingerprint density at radius 2 is 1.94 bits per heavy atom. The molecule has 3 aromatic rings. The summed E-state index contributed by atoms with van der Waals surface area (Å²) in [5.41, 5.74) is 7.31. The maximum atomic E-state index is 12.4. The van der Waals surface area contributed by atoms with Gasteiger partial charge in [0.05, 0.1) is 15.7 Å². The summed E-state index contributed by atoms with van der Waals surface area (Å²) in [7, 11) is -0.699. The van der Waals surface area contributed by atoms with E-state index in [2.05, 4.69) is 31.7 Å². The lowest BCUT2D eigenvalue weighted by Gasteiger charge is -2.27. The van der Waals surface area contributed by atoms with Gasteiger partial charge in [-0.05, 0) is 59.8 Å². The van der Waals surface area contributed by atoms with Crippen LogP contribution in [0.4, 0.5) is 17.3 Å². The second-order valence-electron chi connectivity index (χ2n) is 8.07. The van der Waals surface area contributed by atoms with Gasteiger partial charge < -0.3 is 16.4 Å². The minimum absolute atomic E-state index is 0.0503. The molecule has 1 aliphatic carbocycles. The van der Waals surface area contributed by atoms with Gasteiger partial charge >= 0.3 is 0 Å². The third-order valence-electron chi connectivity index (χ3n) is 5.52. The third-order valence-corrected chi connectivity index (χ3v) is 8.37. The molecule has 1 aromatic carbocycles. The Labute approximate surface area is 200 Å². The lowest BCUT2D eigenvalue weighted by atomic mass is 9.92. The molecule has 0 saturated heterocycles. The van der Waals surface area contributed by atoms with Gasteiger partial charge in [0.25, 0.3) is 0 Å². The van der Waals surface area contributed by atoms with Crippen molar-refractivity contribution in [3.05, 3.63) is 40.0 Å². The first-order valence-corrected chi connectivity index (χ1v) is 12.8. The van der Waals surface area contributed by atoms with Gasteiger partial charge in [0.1, 0.15) is 16.5 Å². The molecule has 9 nitrogen and oxygen atoms in total. The van der Waals surface area contributed by atoms with Crippen LogP contribution in [-0.2, 0) is 10.0 Å². The first-order valence-electron chi connectivity index (χ1n) is 10.2. The molecule has 4 N–H and O–H groups in total. The van der Waals surface area contributed by atoms with E-state index in [4.69, 9.17) is 22.3 Å². The zero-order valence-electron chi connectivity index (χ0n) is 17.7. The number of nitrogens with zero attached hydrogens (tertiary/aromatic N) is 4. The molecular formula is C20H25BrClN7O2S. The number of benzene rings is 1. The molecule has 0 bridgehead atoms. The van der Waals surface area contributed by atoms with Gasteiger partial charge in [-0.15, -0.1) is 0 Å². The number of nitrogens with two attached hydrogens (primary N) is 1. The minimum atomic E-state index is -3.63. The molecular weight excluding hydrogens is 518 g/mol. The van der Waals surface area contributed by atoms with Gasteiger partial charge in [-0.2, -0.15) is 9.61 Å². The van der Waals surface area contributed by atoms with Crippen molar-refractivity contribution in [3.8, 4) is 0 Å². The number of nitrogens with one attached hydrogen (secondary N) is 2. The van der Waals surface area contributed by atoms with Crippen molar-refractivity contribution in [1.82, 2.24) is 18.9 Å². The summed E-state index contributed by atoms with van der Waals surface area (Å²) in [4.78, 5) is 4.74. The smallest absolute Gasteiger partial charge is 0.244 e. The van der Waals surface area contributed by atoms with Crippen LogP contribution in [0, 0.1) is 0 Å². The molecule has 0 spiro atoms. The van der Waals surface area contributed by atoms with Crippen LogP contribution >= 0.6 is 27.5 Å². The van der Waals surface area contributed by atoms with Crippen LogP contribution in [-0.4, -0.2) is 53.5 Å². The molecule has 0 radical (unpaired) electrons. The van der Waals surface area contributed by atoms with Gasteiger partial charge in [-0.25, -0.2) is 17.7 Å². The molecule has 172 valence electrons. The Kier molecular flexibility index (Phi) is 6.64. The highest BCUT2D eigenvalue weighted by Gasteiger charge is 2.22. The zero-order valence-corrected chi connectivity index (χ0v) is 20.9. The molecule has 1 saturated carbocycles. The summed E-state index contributed by atoms with van der Waals surface area (Å²) in [6.45, 7) is 0. The molecule has 2 heterocycles. The Hall–Kier alpha value is -1.92. The fourth-order valence-electron chi connectivity index (χ4n) is 3.70. The molecule has 0 aliphatic heterocycles. The topological polar surface area (TPSA) is 118 Å². The summed E-state index contributed by atoms with van der Waals surface area (Å²) in [6.07, 6.45) is 5.64. The summed E-state index contributed by atoms with van der Waals surface area (Å²) in [5, 5.41) is 11.3. The quantitative estimate of drug-likeness (QED) is 0.433. The molecule has 4 rings (SSSR count). The van der Waals surface area contributed by atoms with Gasteiger partial charge in [0.15, 0.2) is 5.65 Å². The van der Waals surface area contributed by atoms with Crippen LogP contribution in [0.15, 0.2) is 39.8 Å². The van der Waals surface area contributed by atoms with Crippen molar-refractivity contribution in [2.75, 3.05) is 24.7 Å². The molecule has 0 unspecified atom stereocenters. The fraction of sp³-hybridized carbons (Fsp3) is 0.400. The van der Waals surface area contributed by atoms with E-state index in [9.17, 15) is 8.42 Å². The number of sulfonamides is 1. The first kappa shape index (κ1) is 23.2. The van der Waals surface area contributed by atoms with Crippen molar-refractivity contribution in [2.45, 2.75) is 42.7 Å². The summed E-state index contributed by atoms with van der Waals surface area (Å²) >= 11 is 9.81. The zero-order chi connectivity index (χ0) is 23.0. The first-order chi connectivity index (χ1) is 15.1. The lowest BCUT2D eigenvalue weighted by molar-refractivity contribution is 0.410. The van der Waals surface area contributed by atoms with Gasteiger partial charge in [0, 0.05) is 37.9 Å². The van der Waals surface area contributed by atoms with E-state index in [0.717, 1.165) is 40.3 Å².